The standard InChI is InChI=1S/C16H23NO2/c1-3-14-6-8-15(9-7-14)10-11-16(19)17-12-4-5-13(2)18/h6-11,13,18H,3-5,12H2,1-2H3,(H,17,19)/b11-10+. The van der Waals surface area contributed by atoms with Crippen molar-refractivity contribution >= 4 is 12.0 Å². The van der Waals surface area contributed by atoms with Crippen LogP contribution >= 0.6 is 0 Å². The zero-order valence-corrected chi connectivity index (χ0v) is 11.7. The highest BCUT2D eigenvalue weighted by molar-refractivity contribution is 5.91. The number of aliphatic hydroxyl groups excluding tert-OH is 1. The average Bonchev–Trinajstić information content (AvgIpc) is 2.41. The topological polar surface area (TPSA) is 49.3 Å². The molecule has 1 rings (SSSR count). The second-order valence-electron chi connectivity index (χ2n) is 4.71. The van der Waals surface area contributed by atoms with Crippen molar-refractivity contribution < 1.29 is 9.90 Å². The Labute approximate surface area is 115 Å². The number of hydrogen-bond acceptors (Lipinski definition) is 2. The maximum absolute atomic E-state index is 11.5. The van der Waals surface area contributed by atoms with Crippen LogP contribution in [0.4, 0.5) is 0 Å². The Kier molecular flexibility index (Phi) is 6.90. The van der Waals surface area contributed by atoms with Crippen LogP contribution < -0.4 is 5.32 Å². The summed E-state index contributed by atoms with van der Waals surface area (Å²) in [4.78, 5) is 11.5. The van der Waals surface area contributed by atoms with Gasteiger partial charge in [-0.3, -0.25) is 4.79 Å². The molecule has 0 aliphatic rings. The van der Waals surface area contributed by atoms with E-state index in [1.807, 2.05) is 18.2 Å². The Bertz CT molecular complexity index is 407. The Hall–Kier alpha value is -1.61. The van der Waals surface area contributed by atoms with Gasteiger partial charge in [0.2, 0.25) is 5.91 Å². The zero-order chi connectivity index (χ0) is 14.1. The summed E-state index contributed by atoms with van der Waals surface area (Å²) in [6.07, 6.45) is 5.58. The second-order valence-corrected chi connectivity index (χ2v) is 4.71. The fraction of sp³-hybridized carbons (Fsp3) is 0.438. The summed E-state index contributed by atoms with van der Waals surface area (Å²) in [5.74, 6) is -0.0924. The van der Waals surface area contributed by atoms with E-state index in [1.165, 1.54) is 5.56 Å². The molecule has 0 bridgehead atoms. The van der Waals surface area contributed by atoms with Crippen molar-refractivity contribution in [2.75, 3.05) is 6.54 Å². The van der Waals surface area contributed by atoms with Gasteiger partial charge in [-0.2, -0.15) is 0 Å². The predicted octanol–water partition coefficient (Wildman–Crippen LogP) is 2.54. The van der Waals surface area contributed by atoms with Crippen molar-refractivity contribution in [3.05, 3.63) is 41.5 Å². The van der Waals surface area contributed by atoms with E-state index in [2.05, 4.69) is 24.4 Å². The summed E-state index contributed by atoms with van der Waals surface area (Å²) < 4.78 is 0. The Morgan fingerprint density at radius 3 is 2.63 bits per heavy atom. The molecule has 0 aromatic heterocycles. The van der Waals surface area contributed by atoms with Crippen LogP contribution in [-0.4, -0.2) is 23.7 Å². The number of carbonyl (C=O) groups is 1. The highest BCUT2D eigenvalue weighted by Crippen LogP contribution is 2.06. The third-order valence-corrected chi connectivity index (χ3v) is 2.91. The lowest BCUT2D eigenvalue weighted by atomic mass is 10.1. The smallest absolute Gasteiger partial charge is 0.243 e. The molecule has 0 spiro atoms. The molecule has 0 heterocycles. The van der Waals surface area contributed by atoms with Gasteiger partial charge in [0.05, 0.1) is 6.10 Å². The average molecular weight is 261 g/mol. The van der Waals surface area contributed by atoms with Gasteiger partial charge >= 0.3 is 0 Å². The number of aliphatic hydroxyl groups is 1. The summed E-state index contributed by atoms with van der Waals surface area (Å²) in [6, 6.07) is 8.16. The maximum Gasteiger partial charge on any atom is 0.243 e. The molecule has 3 nitrogen and oxygen atoms in total. The first-order valence-electron chi connectivity index (χ1n) is 6.84. The number of nitrogens with one attached hydrogen (secondary N) is 1. The molecule has 0 saturated carbocycles. The zero-order valence-electron chi connectivity index (χ0n) is 11.7. The normalized spacial score (nSPS) is 12.6. The van der Waals surface area contributed by atoms with Gasteiger partial charge in [0.25, 0.3) is 0 Å². The van der Waals surface area contributed by atoms with E-state index in [0.29, 0.717) is 13.0 Å². The van der Waals surface area contributed by atoms with Crippen LogP contribution in [0.5, 0.6) is 0 Å². The van der Waals surface area contributed by atoms with E-state index in [1.54, 1.807) is 13.0 Å². The minimum absolute atomic E-state index is 0.0924. The van der Waals surface area contributed by atoms with E-state index in [-0.39, 0.29) is 12.0 Å². The number of carbonyl (C=O) groups excluding carboxylic acids is 1. The fourth-order valence-electron chi connectivity index (χ4n) is 1.70. The molecule has 1 unspecified atom stereocenters. The van der Waals surface area contributed by atoms with Crippen molar-refractivity contribution in [2.24, 2.45) is 0 Å². The number of aryl methyl sites for hydroxylation is 1. The van der Waals surface area contributed by atoms with Gasteiger partial charge in [-0.05, 0) is 43.4 Å². The molecule has 0 fully saturated rings. The summed E-state index contributed by atoms with van der Waals surface area (Å²) in [5, 5.41) is 11.9. The molecule has 1 atom stereocenters. The van der Waals surface area contributed by atoms with Crippen LogP contribution in [0.15, 0.2) is 30.3 Å². The van der Waals surface area contributed by atoms with Gasteiger partial charge in [-0.1, -0.05) is 31.2 Å². The van der Waals surface area contributed by atoms with E-state index < -0.39 is 0 Å². The monoisotopic (exact) mass is 261 g/mol. The first-order chi connectivity index (χ1) is 9.11. The summed E-state index contributed by atoms with van der Waals surface area (Å²) >= 11 is 0. The van der Waals surface area contributed by atoms with Crippen molar-refractivity contribution in [3.63, 3.8) is 0 Å². The molecular formula is C16H23NO2. The number of rotatable bonds is 7. The van der Waals surface area contributed by atoms with Crippen molar-refractivity contribution in [1.29, 1.82) is 0 Å². The molecule has 0 aliphatic carbocycles. The fourth-order valence-corrected chi connectivity index (χ4v) is 1.70. The molecule has 19 heavy (non-hydrogen) atoms. The molecule has 3 heteroatoms. The van der Waals surface area contributed by atoms with Crippen LogP contribution in [0.1, 0.15) is 37.8 Å². The van der Waals surface area contributed by atoms with Gasteiger partial charge in [-0.25, -0.2) is 0 Å². The van der Waals surface area contributed by atoms with Crippen LogP contribution in [-0.2, 0) is 11.2 Å². The van der Waals surface area contributed by atoms with Crippen LogP contribution in [0.3, 0.4) is 0 Å². The van der Waals surface area contributed by atoms with E-state index in [9.17, 15) is 4.79 Å². The van der Waals surface area contributed by atoms with Gasteiger partial charge < -0.3 is 10.4 Å². The molecule has 0 aliphatic heterocycles. The lowest BCUT2D eigenvalue weighted by Gasteiger charge is -2.04. The third kappa shape index (κ3) is 6.77. The molecule has 1 amide bonds. The molecule has 1 aromatic carbocycles. The predicted molar refractivity (Wildman–Crippen MR) is 78.8 cm³/mol. The van der Waals surface area contributed by atoms with E-state index in [0.717, 1.165) is 18.4 Å². The summed E-state index contributed by atoms with van der Waals surface area (Å²) in [7, 11) is 0. The highest BCUT2D eigenvalue weighted by Gasteiger charge is 1.97. The molecule has 104 valence electrons. The molecule has 2 N–H and O–H groups in total. The largest absolute Gasteiger partial charge is 0.393 e. The van der Waals surface area contributed by atoms with E-state index >= 15 is 0 Å². The maximum atomic E-state index is 11.5. The first-order valence-corrected chi connectivity index (χ1v) is 6.84. The highest BCUT2D eigenvalue weighted by atomic mass is 16.3. The van der Waals surface area contributed by atoms with Crippen LogP contribution in [0.25, 0.3) is 6.08 Å². The SMILES string of the molecule is CCc1ccc(/C=C/C(=O)NCCCC(C)O)cc1. The summed E-state index contributed by atoms with van der Waals surface area (Å²) in [5.41, 5.74) is 2.32. The first kappa shape index (κ1) is 15.4. The van der Waals surface area contributed by atoms with Crippen molar-refractivity contribution in [3.8, 4) is 0 Å². The third-order valence-electron chi connectivity index (χ3n) is 2.91. The van der Waals surface area contributed by atoms with Crippen molar-refractivity contribution in [1.82, 2.24) is 5.32 Å². The van der Waals surface area contributed by atoms with Gasteiger partial charge in [0.15, 0.2) is 0 Å². The van der Waals surface area contributed by atoms with E-state index in [4.69, 9.17) is 5.11 Å². The number of amides is 1. The second kappa shape index (κ2) is 8.48. The van der Waals surface area contributed by atoms with Gasteiger partial charge in [-0.15, -0.1) is 0 Å². The Morgan fingerprint density at radius 2 is 2.05 bits per heavy atom. The van der Waals surface area contributed by atoms with Crippen LogP contribution in [0.2, 0.25) is 0 Å². The van der Waals surface area contributed by atoms with Crippen molar-refractivity contribution in [2.45, 2.75) is 39.2 Å². The Balaban J connectivity index is 2.32. The number of hydrogen-bond donors (Lipinski definition) is 2. The lowest BCUT2D eigenvalue weighted by Crippen LogP contribution is -2.22. The lowest BCUT2D eigenvalue weighted by molar-refractivity contribution is -0.116. The minimum atomic E-state index is -0.301. The molecular weight excluding hydrogens is 238 g/mol. The minimum Gasteiger partial charge on any atom is -0.393 e. The molecule has 1 aromatic rings. The Morgan fingerprint density at radius 1 is 1.37 bits per heavy atom. The van der Waals surface area contributed by atoms with Crippen LogP contribution in [0, 0.1) is 0 Å². The molecule has 0 radical (unpaired) electrons. The number of benzene rings is 1. The summed E-state index contributed by atoms with van der Waals surface area (Å²) in [6.45, 7) is 4.47. The van der Waals surface area contributed by atoms with Gasteiger partial charge in [0.1, 0.15) is 0 Å². The van der Waals surface area contributed by atoms with Gasteiger partial charge in [0, 0.05) is 12.6 Å². The molecule has 0 saturated heterocycles. The quantitative estimate of drug-likeness (QED) is 0.585.